The van der Waals surface area contributed by atoms with E-state index in [4.69, 9.17) is 5.11 Å². The smallest absolute Gasteiger partial charge is 0.387 e. The van der Waals surface area contributed by atoms with Crippen LogP contribution in [0.4, 0.5) is 8.78 Å². The van der Waals surface area contributed by atoms with Crippen LogP contribution in [-0.4, -0.2) is 24.2 Å². The Kier molecular flexibility index (Phi) is 3.76. The van der Waals surface area contributed by atoms with E-state index in [1.165, 1.54) is 12.1 Å². The van der Waals surface area contributed by atoms with Crippen LogP contribution in [0.2, 0.25) is 0 Å². The number of carbonyl (C=O) groups is 1. The molecule has 6 heteroatoms. The van der Waals surface area contributed by atoms with E-state index in [0.29, 0.717) is 13.0 Å². The lowest BCUT2D eigenvalue weighted by molar-refractivity contribution is -0.141. The van der Waals surface area contributed by atoms with Gasteiger partial charge in [-0.15, -0.1) is 0 Å². The van der Waals surface area contributed by atoms with Crippen LogP contribution in [0.5, 0.6) is 5.75 Å². The first-order valence-corrected chi connectivity index (χ1v) is 5.57. The van der Waals surface area contributed by atoms with Crippen molar-refractivity contribution in [3.63, 3.8) is 0 Å². The lowest BCUT2D eigenvalue weighted by Gasteiger charge is -2.11. The average Bonchev–Trinajstić information content (AvgIpc) is 2.78. The minimum absolute atomic E-state index is 0.0494. The molecule has 4 nitrogen and oxygen atoms in total. The van der Waals surface area contributed by atoms with Crippen LogP contribution < -0.4 is 10.1 Å². The summed E-state index contributed by atoms with van der Waals surface area (Å²) in [4.78, 5) is 10.8. The molecule has 0 aromatic heterocycles. The Labute approximate surface area is 103 Å². The van der Waals surface area contributed by atoms with Crippen molar-refractivity contribution in [1.29, 1.82) is 0 Å². The molecule has 98 valence electrons. The first-order valence-electron chi connectivity index (χ1n) is 5.57. The van der Waals surface area contributed by atoms with Crippen molar-refractivity contribution in [3.05, 3.63) is 29.8 Å². The lowest BCUT2D eigenvalue weighted by atomic mass is 10.0. The summed E-state index contributed by atoms with van der Waals surface area (Å²) in [6.45, 7) is -2.41. The Balaban J connectivity index is 2.00. The first-order chi connectivity index (χ1) is 8.56. The summed E-state index contributed by atoms with van der Waals surface area (Å²) in [5.41, 5.74) is 0.875. The van der Waals surface area contributed by atoms with Gasteiger partial charge in [-0.2, -0.15) is 8.78 Å². The van der Waals surface area contributed by atoms with Gasteiger partial charge in [0.05, 0.1) is 5.92 Å². The van der Waals surface area contributed by atoms with E-state index in [0.717, 1.165) is 5.56 Å². The normalized spacial score (nSPS) is 23.3. The minimum Gasteiger partial charge on any atom is -0.481 e. The molecule has 0 saturated carbocycles. The van der Waals surface area contributed by atoms with Crippen molar-refractivity contribution in [2.24, 2.45) is 5.92 Å². The predicted molar refractivity (Wildman–Crippen MR) is 59.6 cm³/mol. The van der Waals surface area contributed by atoms with Crippen LogP contribution in [-0.2, 0) is 4.79 Å². The predicted octanol–water partition coefficient (Wildman–Crippen LogP) is 2.02. The molecular formula is C12H13F2NO3. The molecule has 2 unspecified atom stereocenters. The minimum atomic E-state index is -2.84. The largest absolute Gasteiger partial charge is 0.481 e. The number of nitrogens with one attached hydrogen (secondary N) is 1. The van der Waals surface area contributed by atoms with Crippen LogP contribution in [0.3, 0.4) is 0 Å². The van der Waals surface area contributed by atoms with E-state index in [2.05, 4.69) is 10.1 Å². The number of rotatable bonds is 4. The fraction of sp³-hybridized carbons (Fsp3) is 0.417. The number of halogens is 2. The molecule has 0 amide bonds. The molecule has 18 heavy (non-hydrogen) atoms. The van der Waals surface area contributed by atoms with E-state index in [1.54, 1.807) is 12.1 Å². The van der Waals surface area contributed by atoms with Gasteiger partial charge in [-0.3, -0.25) is 4.79 Å². The highest BCUT2D eigenvalue weighted by Gasteiger charge is 2.29. The molecule has 2 rings (SSSR count). The molecular weight excluding hydrogens is 244 g/mol. The SMILES string of the molecule is O=C(O)C1CNC(c2ccc(OC(F)F)cc2)C1. The quantitative estimate of drug-likeness (QED) is 0.866. The summed E-state index contributed by atoms with van der Waals surface area (Å²) >= 11 is 0. The van der Waals surface area contributed by atoms with Crippen LogP contribution in [0.25, 0.3) is 0 Å². The topological polar surface area (TPSA) is 58.6 Å². The molecule has 0 aliphatic carbocycles. The van der Waals surface area contributed by atoms with Crippen molar-refractivity contribution in [1.82, 2.24) is 5.32 Å². The van der Waals surface area contributed by atoms with Crippen LogP contribution in [0, 0.1) is 5.92 Å². The molecule has 1 aliphatic heterocycles. The van der Waals surface area contributed by atoms with Gasteiger partial charge in [0.15, 0.2) is 0 Å². The zero-order valence-corrected chi connectivity index (χ0v) is 9.48. The number of carboxylic acid groups (broad SMARTS) is 1. The van der Waals surface area contributed by atoms with Crippen molar-refractivity contribution in [2.45, 2.75) is 19.1 Å². The van der Waals surface area contributed by atoms with Gasteiger partial charge in [-0.1, -0.05) is 12.1 Å². The van der Waals surface area contributed by atoms with Crippen molar-refractivity contribution in [2.75, 3.05) is 6.54 Å². The second kappa shape index (κ2) is 5.30. The van der Waals surface area contributed by atoms with Crippen molar-refractivity contribution in [3.8, 4) is 5.75 Å². The van der Waals surface area contributed by atoms with E-state index in [1.807, 2.05) is 0 Å². The molecule has 1 aliphatic rings. The number of benzene rings is 1. The highest BCUT2D eigenvalue weighted by molar-refractivity contribution is 5.70. The lowest BCUT2D eigenvalue weighted by Crippen LogP contribution is -2.17. The monoisotopic (exact) mass is 257 g/mol. The highest BCUT2D eigenvalue weighted by atomic mass is 19.3. The molecule has 1 aromatic carbocycles. The third kappa shape index (κ3) is 2.95. The molecule has 1 fully saturated rings. The summed E-state index contributed by atoms with van der Waals surface area (Å²) in [5, 5.41) is 12.0. The van der Waals surface area contributed by atoms with Gasteiger partial charge in [-0.05, 0) is 24.1 Å². The van der Waals surface area contributed by atoms with Gasteiger partial charge in [0.25, 0.3) is 0 Å². The summed E-state index contributed by atoms with van der Waals surface area (Å²) in [7, 11) is 0. The van der Waals surface area contributed by atoms with Gasteiger partial charge in [0.1, 0.15) is 5.75 Å². The summed E-state index contributed by atoms with van der Waals surface area (Å²) in [6.07, 6.45) is 0.504. The number of ether oxygens (including phenoxy) is 1. The molecule has 1 saturated heterocycles. The van der Waals surface area contributed by atoms with Gasteiger partial charge in [0.2, 0.25) is 0 Å². The Morgan fingerprint density at radius 3 is 2.56 bits per heavy atom. The standard InChI is InChI=1S/C12H13F2NO3/c13-12(14)18-9-3-1-7(2-4-9)10-5-8(6-15-10)11(16)17/h1-4,8,10,12,15H,5-6H2,(H,16,17). The van der Waals surface area contributed by atoms with Crippen LogP contribution >= 0.6 is 0 Å². The van der Waals surface area contributed by atoms with Gasteiger partial charge in [-0.25, -0.2) is 0 Å². The number of alkyl halides is 2. The first kappa shape index (κ1) is 12.8. The van der Waals surface area contributed by atoms with Gasteiger partial charge in [0, 0.05) is 12.6 Å². The molecule has 0 bridgehead atoms. The van der Waals surface area contributed by atoms with Crippen LogP contribution in [0.1, 0.15) is 18.0 Å². The van der Waals surface area contributed by atoms with E-state index >= 15 is 0 Å². The van der Waals surface area contributed by atoms with Gasteiger partial charge < -0.3 is 15.2 Å². The fourth-order valence-corrected chi connectivity index (χ4v) is 2.06. The molecule has 0 radical (unpaired) electrons. The zero-order valence-electron chi connectivity index (χ0n) is 9.48. The number of carboxylic acids is 1. The summed E-state index contributed by atoms with van der Waals surface area (Å²) < 4.78 is 28.2. The van der Waals surface area contributed by atoms with E-state index in [-0.39, 0.29) is 11.8 Å². The Morgan fingerprint density at radius 1 is 1.39 bits per heavy atom. The van der Waals surface area contributed by atoms with Gasteiger partial charge >= 0.3 is 12.6 Å². The fourth-order valence-electron chi connectivity index (χ4n) is 2.06. The molecule has 2 atom stereocenters. The maximum atomic E-state index is 12.0. The number of aliphatic carboxylic acids is 1. The van der Waals surface area contributed by atoms with E-state index < -0.39 is 18.5 Å². The third-order valence-corrected chi connectivity index (χ3v) is 2.99. The molecule has 0 spiro atoms. The second-order valence-corrected chi connectivity index (χ2v) is 4.18. The maximum absolute atomic E-state index is 12.0. The zero-order chi connectivity index (χ0) is 13.1. The Bertz CT molecular complexity index is 422. The summed E-state index contributed by atoms with van der Waals surface area (Å²) in [5.74, 6) is -1.11. The average molecular weight is 257 g/mol. The maximum Gasteiger partial charge on any atom is 0.387 e. The number of hydrogen-bond acceptors (Lipinski definition) is 3. The van der Waals surface area contributed by atoms with Crippen molar-refractivity contribution >= 4 is 5.97 Å². The van der Waals surface area contributed by atoms with Crippen molar-refractivity contribution < 1.29 is 23.4 Å². The Morgan fingerprint density at radius 2 is 2.06 bits per heavy atom. The Hall–Kier alpha value is -1.69. The second-order valence-electron chi connectivity index (χ2n) is 4.18. The third-order valence-electron chi connectivity index (χ3n) is 2.99. The van der Waals surface area contributed by atoms with Crippen LogP contribution in [0.15, 0.2) is 24.3 Å². The molecule has 1 heterocycles. The molecule has 2 N–H and O–H groups in total. The number of hydrogen-bond donors (Lipinski definition) is 2. The highest BCUT2D eigenvalue weighted by Crippen LogP contribution is 2.28. The summed E-state index contributed by atoms with van der Waals surface area (Å²) in [6, 6.07) is 6.19. The molecule has 1 aromatic rings. The van der Waals surface area contributed by atoms with E-state index in [9.17, 15) is 13.6 Å².